The van der Waals surface area contributed by atoms with Gasteiger partial charge in [-0.3, -0.25) is 0 Å². The summed E-state index contributed by atoms with van der Waals surface area (Å²) in [5.41, 5.74) is 0. The smallest absolute Gasteiger partial charge is 0.377 e. The molecule has 0 saturated carbocycles. The highest BCUT2D eigenvalue weighted by Crippen LogP contribution is 2.39. The lowest BCUT2D eigenvalue weighted by atomic mass is 10.2. The summed E-state index contributed by atoms with van der Waals surface area (Å²) < 4.78 is 33.9. The second-order valence-electron chi connectivity index (χ2n) is 4.83. The normalized spacial score (nSPS) is 13.1. The Morgan fingerprint density at radius 1 is 0.619 bits per heavy atom. The SMILES string of the molecule is CCCCCCC([Si](OC)(OC)OC)[Si](OC)(OC)OC. The highest BCUT2D eigenvalue weighted by Gasteiger charge is 2.63. The Balaban J connectivity index is 5.32. The minimum Gasteiger partial charge on any atom is -0.377 e. The van der Waals surface area contributed by atoms with E-state index in [2.05, 4.69) is 6.92 Å². The topological polar surface area (TPSA) is 55.4 Å². The molecule has 0 unspecified atom stereocenters. The van der Waals surface area contributed by atoms with Crippen LogP contribution in [0, 0.1) is 0 Å². The van der Waals surface area contributed by atoms with Gasteiger partial charge in [-0.05, 0) is 6.42 Å². The molecule has 0 spiro atoms. The van der Waals surface area contributed by atoms with Gasteiger partial charge in [-0.1, -0.05) is 32.6 Å². The zero-order valence-corrected chi connectivity index (χ0v) is 16.6. The van der Waals surface area contributed by atoms with Gasteiger partial charge in [0.05, 0.1) is 5.16 Å². The molecule has 0 aromatic carbocycles. The number of hydrogen-bond donors (Lipinski definition) is 0. The Morgan fingerprint density at radius 2 is 1.00 bits per heavy atom. The van der Waals surface area contributed by atoms with E-state index in [-0.39, 0.29) is 5.16 Å². The summed E-state index contributed by atoms with van der Waals surface area (Å²) in [5.74, 6) is 0. The van der Waals surface area contributed by atoms with Crippen LogP contribution in [0.15, 0.2) is 0 Å². The Labute approximate surface area is 131 Å². The van der Waals surface area contributed by atoms with Crippen LogP contribution in [0.5, 0.6) is 0 Å². The summed E-state index contributed by atoms with van der Waals surface area (Å²) in [5, 5.41) is -0.137. The minimum atomic E-state index is -2.92. The van der Waals surface area contributed by atoms with Gasteiger partial charge in [0.1, 0.15) is 0 Å². The van der Waals surface area contributed by atoms with E-state index in [0.29, 0.717) is 0 Å². The van der Waals surface area contributed by atoms with Crippen molar-refractivity contribution in [1.29, 1.82) is 0 Å². The molecule has 0 aromatic rings. The number of unbranched alkanes of at least 4 members (excludes halogenated alkanes) is 3. The van der Waals surface area contributed by atoms with Gasteiger partial charge < -0.3 is 26.6 Å². The Morgan fingerprint density at radius 3 is 1.29 bits per heavy atom. The van der Waals surface area contributed by atoms with E-state index in [1.54, 1.807) is 42.7 Å². The van der Waals surface area contributed by atoms with Crippen LogP contribution in [0.1, 0.15) is 39.0 Å². The van der Waals surface area contributed by atoms with Gasteiger partial charge in [0.15, 0.2) is 0 Å². The van der Waals surface area contributed by atoms with Gasteiger partial charge in [-0.15, -0.1) is 0 Å². The summed E-state index contributed by atoms with van der Waals surface area (Å²) in [7, 11) is 3.82. The Bertz CT molecular complexity index is 223. The fraction of sp³-hybridized carbons (Fsp3) is 1.00. The maximum atomic E-state index is 5.66. The van der Waals surface area contributed by atoms with Crippen molar-refractivity contribution in [3.63, 3.8) is 0 Å². The summed E-state index contributed by atoms with van der Waals surface area (Å²) in [6.07, 6.45) is 5.41. The molecule has 0 amide bonds. The lowest BCUT2D eigenvalue weighted by Gasteiger charge is -2.39. The van der Waals surface area contributed by atoms with E-state index >= 15 is 0 Å². The van der Waals surface area contributed by atoms with Crippen molar-refractivity contribution in [2.75, 3.05) is 42.7 Å². The molecule has 21 heavy (non-hydrogen) atoms. The molecule has 0 bridgehead atoms. The van der Waals surface area contributed by atoms with Crippen LogP contribution in [-0.2, 0) is 26.6 Å². The van der Waals surface area contributed by atoms with Crippen molar-refractivity contribution >= 4 is 17.6 Å². The van der Waals surface area contributed by atoms with Crippen LogP contribution in [-0.4, -0.2) is 60.3 Å². The third kappa shape index (κ3) is 5.10. The van der Waals surface area contributed by atoms with Gasteiger partial charge >= 0.3 is 17.6 Å². The molecule has 6 nitrogen and oxygen atoms in total. The molecular weight excluding hydrogens is 308 g/mol. The summed E-state index contributed by atoms with van der Waals surface area (Å²) >= 11 is 0. The van der Waals surface area contributed by atoms with E-state index in [9.17, 15) is 0 Å². The van der Waals surface area contributed by atoms with Gasteiger partial charge in [0.2, 0.25) is 0 Å². The molecular formula is C13H32O6Si2. The molecule has 0 atom stereocenters. The first-order valence-corrected chi connectivity index (χ1v) is 11.0. The lowest BCUT2D eigenvalue weighted by Crippen LogP contribution is -2.62. The molecule has 0 saturated heterocycles. The second kappa shape index (κ2) is 10.8. The van der Waals surface area contributed by atoms with Crippen LogP contribution in [0.2, 0.25) is 5.16 Å². The fourth-order valence-electron chi connectivity index (χ4n) is 2.70. The molecule has 0 aliphatic carbocycles. The minimum absolute atomic E-state index is 0.137. The molecule has 0 radical (unpaired) electrons. The molecule has 0 aliphatic rings. The average molecular weight is 341 g/mol. The monoisotopic (exact) mass is 340 g/mol. The first-order chi connectivity index (χ1) is 10.1. The van der Waals surface area contributed by atoms with Crippen molar-refractivity contribution in [3.8, 4) is 0 Å². The van der Waals surface area contributed by atoms with Gasteiger partial charge in [0, 0.05) is 42.7 Å². The van der Waals surface area contributed by atoms with Gasteiger partial charge in [0.25, 0.3) is 0 Å². The highest BCUT2D eigenvalue weighted by atomic mass is 28.5. The Kier molecular flexibility index (Phi) is 10.9. The van der Waals surface area contributed by atoms with E-state index in [1.807, 2.05) is 0 Å². The molecule has 0 N–H and O–H groups in total. The predicted octanol–water partition coefficient (Wildman–Crippen LogP) is 2.62. The van der Waals surface area contributed by atoms with Crippen LogP contribution in [0.25, 0.3) is 0 Å². The molecule has 0 fully saturated rings. The quantitative estimate of drug-likeness (QED) is 0.379. The first-order valence-electron chi connectivity index (χ1n) is 7.37. The van der Waals surface area contributed by atoms with Crippen LogP contribution < -0.4 is 0 Å². The fourth-order valence-corrected chi connectivity index (χ4v) is 10.4. The van der Waals surface area contributed by atoms with Crippen LogP contribution in [0.3, 0.4) is 0 Å². The van der Waals surface area contributed by atoms with E-state index in [0.717, 1.165) is 19.3 Å². The number of rotatable bonds is 13. The third-order valence-electron chi connectivity index (χ3n) is 3.91. The van der Waals surface area contributed by atoms with Crippen molar-refractivity contribution in [2.24, 2.45) is 0 Å². The number of hydrogen-bond acceptors (Lipinski definition) is 6. The molecule has 8 heteroatoms. The van der Waals surface area contributed by atoms with Gasteiger partial charge in [-0.2, -0.15) is 0 Å². The zero-order valence-electron chi connectivity index (χ0n) is 14.6. The zero-order chi connectivity index (χ0) is 16.4. The summed E-state index contributed by atoms with van der Waals surface area (Å²) in [4.78, 5) is 0. The summed E-state index contributed by atoms with van der Waals surface area (Å²) in [6, 6.07) is 0. The third-order valence-corrected chi connectivity index (χ3v) is 11.7. The highest BCUT2D eigenvalue weighted by molar-refractivity contribution is 6.82. The predicted molar refractivity (Wildman–Crippen MR) is 86.1 cm³/mol. The van der Waals surface area contributed by atoms with Crippen LogP contribution in [0.4, 0.5) is 0 Å². The second-order valence-corrected chi connectivity index (χ2v) is 11.7. The van der Waals surface area contributed by atoms with Crippen molar-refractivity contribution < 1.29 is 26.6 Å². The van der Waals surface area contributed by atoms with E-state index in [1.165, 1.54) is 12.8 Å². The maximum absolute atomic E-state index is 5.66. The molecule has 0 heterocycles. The lowest BCUT2D eigenvalue weighted by molar-refractivity contribution is 0.0778. The van der Waals surface area contributed by atoms with Crippen molar-refractivity contribution in [1.82, 2.24) is 0 Å². The van der Waals surface area contributed by atoms with E-state index in [4.69, 9.17) is 26.6 Å². The Hall–Kier alpha value is 0.194. The van der Waals surface area contributed by atoms with Crippen molar-refractivity contribution in [3.05, 3.63) is 0 Å². The first kappa shape index (κ1) is 21.2. The molecule has 128 valence electrons. The van der Waals surface area contributed by atoms with Crippen molar-refractivity contribution in [2.45, 2.75) is 44.2 Å². The van der Waals surface area contributed by atoms with E-state index < -0.39 is 17.6 Å². The average Bonchev–Trinajstić information content (AvgIpc) is 2.54. The standard InChI is InChI=1S/C13H32O6Si2/c1-8-9-10-11-12-13(20(14-2,15-3)16-4)21(17-5,18-6)19-7/h13H,8-12H2,1-7H3. The van der Waals surface area contributed by atoms with Gasteiger partial charge in [-0.25, -0.2) is 0 Å². The summed E-state index contributed by atoms with van der Waals surface area (Å²) in [6.45, 7) is 2.19. The molecule has 0 aliphatic heterocycles. The maximum Gasteiger partial charge on any atom is 0.507 e. The molecule has 0 aromatic heterocycles. The van der Waals surface area contributed by atoms with Crippen LogP contribution >= 0.6 is 0 Å². The largest absolute Gasteiger partial charge is 0.507 e. The molecule has 0 rings (SSSR count).